The number of phenols is 3. The highest BCUT2D eigenvalue weighted by atomic mass is 16.8. The maximum atomic E-state index is 13.9. The van der Waals surface area contributed by atoms with Crippen LogP contribution in [0.3, 0.4) is 0 Å². The minimum Gasteiger partial charge on any atom is -0.508 e. The third kappa shape index (κ3) is 5.82. The van der Waals surface area contributed by atoms with Gasteiger partial charge in [0, 0.05) is 17.7 Å². The molecule has 3 aromatic rings. The number of aliphatic hydroxyl groups is 5. The van der Waals surface area contributed by atoms with E-state index in [1.54, 1.807) is 0 Å². The van der Waals surface area contributed by atoms with E-state index in [9.17, 15) is 45.6 Å². The van der Waals surface area contributed by atoms with Crippen LogP contribution in [0.4, 0.5) is 0 Å². The fraction of sp³-hybridized carbons (Fsp3) is 0.483. The first-order valence-corrected chi connectivity index (χ1v) is 13.8. The van der Waals surface area contributed by atoms with Crippen LogP contribution in [0.15, 0.2) is 33.5 Å². The quantitative estimate of drug-likeness (QED) is 0.165. The predicted molar refractivity (Wildman–Crippen MR) is 150 cm³/mol. The van der Waals surface area contributed by atoms with Crippen LogP contribution in [-0.2, 0) is 14.2 Å². The second-order valence-electron chi connectivity index (χ2n) is 10.7. The zero-order valence-electron chi connectivity index (χ0n) is 24.4. The molecule has 2 fully saturated rings. The molecule has 0 bridgehead atoms. The molecule has 0 amide bonds. The Morgan fingerprint density at radius 2 is 1.36 bits per heavy atom. The lowest BCUT2D eigenvalue weighted by molar-refractivity contribution is -0.352. The first-order valence-electron chi connectivity index (χ1n) is 13.8. The van der Waals surface area contributed by atoms with Gasteiger partial charge in [0.25, 0.3) is 0 Å². The highest BCUT2D eigenvalue weighted by Gasteiger charge is 2.50. The van der Waals surface area contributed by atoms with Gasteiger partial charge in [-0.05, 0) is 26.0 Å². The van der Waals surface area contributed by atoms with Gasteiger partial charge in [-0.1, -0.05) is 0 Å². The third-order valence-corrected chi connectivity index (χ3v) is 7.76. The van der Waals surface area contributed by atoms with Gasteiger partial charge in [0.05, 0.1) is 26.4 Å². The molecule has 10 unspecified atom stereocenters. The van der Waals surface area contributed by atoms with E-state index in [0.717, 1.165) is 18.2 Å². The van der Waals surface area contributed by atoms with Crippen molar-refractivity contribution in [2.24, 2.45) is 0 Å². The Morgan fingerprint density at radius 1 is 0.711 bits per heavy atom. The fourth-order valence-corrected chi connectivity index (χ4v) is 5.28. The van der Waals surface area contributed by atoms with Crippen molar-refractivity contribution in [3.63, 3.8) is 0 Å². The number of hydrogen-bond donors (Lipinski definition) is 8. The van der Waals surface area contributed by atoms with Crippen LogP contribution in [0, 0.1) is 0 Å². The molecule has 0 radical (unpaired) electrons. The van der Waals surface area contributed by atoms with E-state index < -0.39 is 95.2 Å². The van der Waals surface area contributed by atoms with Crippen molar-refractivity contribution >= 4 is 11.0 Å². The zero-order valence-corrected chi connectivity index (χ0v) is 24.4. The summed E-state index contributed by atoms with van der Waals surface area (Å²) in [7, 11) is 2.60. The Hall–Kier alpha value is -3.87. The van der Waals surface area contributed by atoms with E-state index in [4.69, 9.17) is 32.8 Å². The van der Waals surface area contributed by atoms with E-state index in [1.165, 1.54) is 34.1 Å². The molecule has 3 heterocycles. The van der Waals surface area contributed by atoms with E-state index in [2.05, 4.69) is 0 Å². The van der Waals surface area contributed by atoms with Crippen molar-refractivity contribution in [1.29, 1.82) is 0 Å². The minimum atomic E-state index is -1.80. The van der Waals surface area contributed by atoms with Crippen molar-refractivity contribution in [3.05, 3.63) is 34.5 Å². The van der Waals surface area contributed by atoms with Gasteiger partial charge in [0.15, 0.2) is 29.7 Å². The number of benzene rings is 2. The average molecular weight is 639 g/mol. The number of hydrogen-bond acceptors (Lipinski definition) is 16. The van der Waals surface area contributed by atoms with Crippen LogP contribution >= 0.6 is 0 Å². The number of aromatic hydroxyl groups is 3. The van der Waals surface area contributed by atoms with Crippen LogP contribution in [0.5, 0.6) is 34.5 Å². The van der Waals surface area contributed by atoms with Gasteiger partial charge in [-0.3, -0.25) is 4.79 Å². The van der Waals surface area contributed by atoms with Crippen molar-refractivity contribution in [1.82, 2.24) is 0 Å². The summed E-state index contributed by atoms with van der Waals surface area (Å²) in [6, 6.07) is 4.48. The van der Waals surface area contributed by atoms with Crippen LogP contribution in [0.1, 0.15) is 13.8 Å². The lowest BCUT2D eigenvalue weighted by atomic mass is 9.98. The topological polar surface area (TPSA) is 247 Å². The summed E-state index contributed by atoms with van der Waals surface area (Å²) in [5, 5.41) is 83.2. The molecule has 16 heteroatoms. The first-order chi connectivity index (χ1) is 21.3. The molecule has 2 aliphatic heterocycles. The fourth-order valence-electron chi connectivity index (χ4n) is 5.28. The Morgan fingerprint density at radius 3 is 2.00 bits per heavy atom. The molecule has 0 spiro atoms. The number of aliphatic hydroxyl groups excluding tert-OH is 5. The molecule has 2 aliphatic rings. The van der Waals surface area contributed by atoms with Gasteiger partial charge in [0.2, 0.25) is 23.2 Å². The van der Waals surface area contributed by atoms with Gasteiger partial charge in [-0.25, -0.2) is 0 Å². The van der Waals surface area contributed by atoms with Crippen molar-refractivity contribution in [2.45, 2.75) is 75.3 Å². The van der Waals surface area contributed by atoms with E-state index >= 15 is 0 Å². The highest BCUT2D eigenvalue weighted by molar-refractivity contribution is 5.88. The summed E-state index contributed by atoms with van der Waals surface area (Å²) >= 11 is 0. The minimum absolute atomic E-state index is 0.000799. The van der Waals surface area contributed by atoms with E-state index in [1.807, 2.05) is 0 Å². The smallest absolute Gasteiger partial charge is 0.239 e. The third-order valence-electron chi connectivity index (χ3n) is 7.76. The van der Waals surface area contributed by atoms with Crippen LogP contribution in [0.25, 0.3) is 22.3 Å². The normalized spacial score (nSPS) is 31.9. The lowest BCUT2D eigenvalue weighted by Crippen LogP contribution is -2.63. The number of rotatable bonds is 7. The van der Waals surface area contributed by atoms with E-state index in [-0.39, 0.29) is 28.4 Å². The Labute approximate surface area is 254 Å². The second kappa shape index (κ2) is 12.5. The lowest BCUT2D eigenvalue weighted by Gasteiger charge is -2.45. The molecular weight excluding hydrogens is 604 g/mol. The molecule has 5 rings (SSSR count). The average Bonchev–Trinajstić information content (AvgIpc) is 2.99. The largest absolute Gasteiger partial charge is 0.508 e. The molecule has 2 saturated heterocycles. The van der Waals surface area contributed by atoms with E-state index in [0.29, 0.717) is 0 Å². The van der Waals surface area contributed by atoms with Gasteiger partial charge in [-0.2, -0.15) is 0 Å². The summed E-state index contributed by atoms with van der Waals surface area (Å²) < 4.78 is 39.4. The maximum Gasteiger partial charge on any atom is 0.239 e. The van der Waals surface area contributed by atoms with Crippen molar-refractivity contribution in [3.8, 4) is 45.8 Å². The second-order valence-corrected chi connectivity index (χ2v) is 10.7. The summed E-state index contributed by atoms with van der Waals surface area (Å²) in [6.45, 7) is 2.81. The summed E-state index contributed by atoms with van der Waals surface area (Å²) in [5.74, 6) is -2.50. The summed E-state index contributed by atoms with van der Waals surface area (Å²) in [4.78, 5) is 13.9. The monoisotopic (exact) mass is 638 g/mol. The summed E-state index contributed by atoms with van der Waals surface area (Å²) in [5.41, 5.74) is -1.24. The molecule has 0 aliphatic carbocycles. The van der Waals surface area contributed by atoms with Crippen LogP contribution in [0.2, 0.25) is 0 Å². The molecule has 246 valence electrons. The standard InChI is InChI=1S/C29H34O16/c1-9-18(33)21(36)23(38)28(41-9)45-27-22(37)19(34)10(2)42-29(27)44-26-20(35)17-13(31)7-12(30)8-15(17)43-24(26)11-5-14(32)25(40-4)16(6-11)39-3/h5-10,18-19,21-23,27-34,36-38H,1-4H3. The molecule has 8 N–H and O–H groups in total. The molecule has 2 aromatic carbocycles. The number of methoxy groups -OCH3 is 2. The number of phenolic OH excluding ortho intramolecular Hbond substituents is 3. The number of ether oxygens (including phenoxy) is 6. The van der Waals surface area contributed by atoms with Gasteiger partial charge in [-0.15, -0.1) is 0 Å². The SMILES string of the molecule is COc1cc(-c2oc3cc(O)cc(O)c3c(=O)c2OC2OC(C)C(O)C(O)C2OC2OC(C)C(O)C(O)C2O)cc(O)c1OC. The molecule has 45 heavy (non-hydrogen) atoms. The van der Waals surface area contributed by atoms with Gasteiger partial charge in [0.1, 0.15) is 53.0 Å². The molecule has 1 aromatic heterocycles. The van der Waals surface area contributed by atoms with Gasteiger partial charge >= 0.3 is 0 Å². The molecule has 10 atom stereocenters. The van der Waals surface area contributed by atoms with Crippen LogP contribution in [-0.4, -0.2) is 116 Å². The number of fused-ring (bicyclic) bond motifs is 1. The Bertz CT molecular complexity index is 1610. The highest BCUT2D eigenvalue weighted by Crippen LogP contribution is 2.44. The van der Waals surface area contributed by atoms with Crippen molar-refractivity contribution < 1.29 is 73.7 Å². The Kier molecular flexibility index (Phi) is 9.03. The Balaban J connectivity index is 1.64. The zero-order chi connectivity index (χ0) is 32.9. The first kappa shape index (κ1) is 32.5. The predicted octanol–water partition coefficient (Wildman–Crippen LogP) is -0.348. The maximum absolute atomic E-state index is 13.9. The molecule has 0 saturated carbocycles. The van der Waals surface area contributed by atoms with Crippen LogP contribution < -0.4 is 19.6 Å². The molecule has 16 nitrogen and oxygen atoms in total. The molecular formula is C29H34O16. The summed E-state index contributed by atoms with van der Waals surface area (Å²) in [6.07, 6.45) is -15.5. The van der Waals surface area contributed by atoms with Crippen molar-refractivity contribution in [2.75, 3.05) is 14.2 Å². The van der Waals surface area contributed by atoms with Gasteiger partial charge < -0.3 is 73.7 Å².